The summed E-state index contributed by atoms with van der Waals surface area (Å²) in [5.41, 5.74) is 0. The fourth-order valence-corrected chi connectivity index (χ4v) is 3.03. The van der Waals surface area contributed by atoms with Gasteiger partial charge in [-0.3, -0.25) is 4.55 Å². The Morgan fingerprint density at radius 3 is 2.25 bits per heavy atom. The lowest BCUT2D eigenvalue weighted by Crippen LogP contribution is -2.35. The molecule has 0 spiro atoms. The summed E-state index contributed by atoms with van der Waals surface area (Å²) in [5.74, 6) is 0. The number of hydrogen-bond donors (Lipinski definition) is 1. The van der Waals surface area contributed by atoms with E-state index in [0.717, 1.165) is 6.92 Å². The maximum atomic E-state index is 11.0. The Morgan fingerprint density at radius 2 is 1.83 bits per heavy atom. The minimum Gasteiger partial charge on any atom is -0.292 e. The Hall–Kier alpha value is -0.150. The average Bonchev–Trinajstić information content (AvgIpc) is 1.80. The molecule has 0 aromatic rings. The summed E-state index contributed by atoms with van der Waals surface area (Å²) in [6, 6.07) is 0. The van der Waals surface area contributed by atoms with Crippen LogP contribution in [0, 0.1) is 0 Å². The molecule has 0 aliphatic carbocycles. The van der Waals surface area contributed by atoms with Gasteiger partial charge in [0.2, 0.25) is 10.1 Å². The second-order valence-electron chi connectivity index (χ2n) is 2.18. The van der Waals surface area contributed by atoms with Crippen molar-refractivity contribution in [2.45, 2.75) is 20.1 Å². The van der Waals surface area contributed by atoms with Crippen LogP contribution in [0.2, 0.25) is 0 Å². The quantitative estimate of drug-likeness (QED) is 0.435. The standard InChI is InChI=1S/C4H8O6S2/c1-3-9-11(5,6)4(2)12(7,8)10-3/h3H,1-2H3,(H,5,6). The van der Waals surface area contributed by atoms with E-state index in [9.17, 15) is 12.6 Å². The van der Waals surface area contributed by atoms with E-state index >= 15 is 0 Å². The van der Waals surface area contributed by atoms with Crippen LogP contribution in [0.5, 0.6) is 0 Å². The van der Waals surface area contributed by atoms with Gasteiger partial charge < -0.3 is 0 Å². The van der Waals surface area contributed by atoms with E-state index in [1.807, 2.05) is 0 Å². The van der Waals surface area contributed by atoms with E-state index in [1.165, 1.54) is 6.92 Å². The van der Waals surface area contributed by atoms with Crippen molar-refractivity contribution in [1.82, 2.24) is 0 Å². The third-order valence-electron chi connectivity index (χ3n) is 1.24. The molecule has 1 heterocycles. The maximum absolute atomic E-state index is 11.0. The molecule has 0 saturated heterocycles. The monoisotopic (exact) mass is 216 g/mol. The van der Waals surface area contributed by atoms with E-state index in [1.54, 1.807) is 0 Å². The first kappa shape index (κ1) is 9.93. The Morgan fingerprint density at radius 1 is 1.33 bits per heavy atom. The first-order valence-corrected chi connectivity index (χ1v) is 5.82. The van der Waals surface area contributed by atoms with Gasteiger partial charge in [-0.25, -0.2) is 12.6 Å². The van der Waals surface area contributed by atoms with Crippen LogP contribution in [0.3, 0.4) is 0 Å². The second kappa shape index (κ2) is 2.67. The number of hydrogen-bond acceptors (Lipinski definition) is 5. The summed E-state index contributed by atoms with van der Waals surface area (Å²) in [6.07, 6.45) is -1.23. The Bertz CT molecular complexity index is 397. The molecule has 0 bridgehead atoms. The second-order valence-corrected chi connectivity index (χ2v) is 5.91. The van der Waals surface area contributed by atoms with Gasteiger partial charge in [-0.2, -0.15) is 8.42 Å². The molecule has 1 aliphatic rings. The zero-order chi connectivity index (χ0) is 9.57. The van der Waals surface area contributed by atoms with Crippen molar-refractivity contribution >= 4 is 24.4 Å². The summed E-state index contributed by atoms with van der Waals surface area (Å²) in [5, 5.41) is 0. The van der Waals surface area contributed by atoms with Crippen LogP contribution in [0.4, 0.5) is 0 Å². The molecule has 0 radical (unpaired) electrons. The third-order valence-corrected chi connectivity index (χ3v) is 4.97. The molecule has 2 unspecified atom stereocenters. The van der Waals surface area contributed by atoms with Crippen molar-refractivity contribution in [3.8, 4) is 0 Å². The normalized spacial score (nSPS) is 41.2. The van der Waals surface area contributed by atoms with E-state index < -0.39 is 30.7 Å². The molecule has 0 aromatic carbocycles. The van der Waals surface area contributed by atoms with Gasteiger partial charge in [0, 0.05) is 0 Å². The van der Waals surface area contributed by atoms with Gasteiger partial charge in [0.1, 0.15) is 0 Å². The van der Waals surface area contributed by atoms with Gasteiger partial charge in [0.15, 0.2) is 10.5 Å². The fraction of sp³-hybridized carbons (Fsp3) is 0.750. The molecule has 1 aliphatic heterocycles. The molecule has 8 heteroatoms. The lowest BCUT2D eigenvalue weighted by molar-refractivity contribution is 0.0305. The van der Waals surface area contributed by atoms with Crippen LogP contribution in [0.1, 0.15) is 13.8 Å². The van der Waals surface area contributed by atoms with E-state index in [-0.39, 0.29) is 0 Å². The van der Waals surface area contributed by atoms with Gasteiger partial charge in [0.05, 0.1) is 0 Å². The fourth-order valence-electron chi connectivity index (χ4n) is 0.643. The SMILES string of the molecule is CC1=S(=O)(O)OC(C)OS1(=O)=O. The van der Waals surface area contributed by atoms with Crippen LogP contribution in [-0.2, 0) is 28.6 Å². The lowest BCUT2D eigenvalue weighted by Gasteiger charge is -2.20. The summed E-state index contributed by atoms with van der Waals surface area (Å²) >= 11 is 0. The summed E-state index contributed by atoms with van der Waals surface area (Å²) in [7, 11) is -7.92. The molecular formula is C4H8O6S2. The van der Waals surface area contributed by atoms with Crippen molar-refractivity contribution in [1.29, 1.82) is 0 Å². The van der Waals surface area contributed by atoms with E-state index in [0.29, 0.717) is 0 Å². The molecular weight excluding hydrogens is 208 g/mol. The highest BCUT2D eigenvalue weighted by Gasteiger charge is 2.33. The van der Waals surface area contributed by atoms with Crippen molar-refractivity contribution in [3.05, 3.63) is 0 Å². The highest BCUT2D eigenvalue weighted by Crippen LogP contribution is 2.15. The number of rotatable bonds is 0. The molecule has 0 aromatic heterocycles. The third kappa shape index (κ3) is 1.62. The molecule has 12 heavy (non-hydrogen) atoms. The highest BCUT2D eigenvalue weighted by atomic mass is 32.3. The zero-order valence-electron chi connectivity index (χ0n) is 6.38. The molecule has 0 amide bonds. The molecule has 0 saturated carbocycles. The van der Waals surface area contributed by atoms with E-state index in [2.05, 4.69) is 8.37 Å². The largest absolute Gasteiger partial charge is 0.307 e. The predicted molar refractivity (Wildman–Crippen MR) is 42.0 cm³/mol. The molecule has 1 N–H and O–H groups in total. The van der Waals surface area contributed by atoms with Crippen molar-refractivity contribution in [2.75, 3.05) is 0 Å². The van der Waals surface area contributed by atoms with Gasteiger partial charge in [-0.1, -0.05) is 0 Å². The van der Waals surface area contributed by atoms with Crippen molar-refractivity contribution in [2.24, 2.45) is 0 Å². The van der Waals surface area contributed by atoms with Crippen LogP contribution < -0.4 is 0 Å². The van der Waals surface area contributed by atoms with Gasteiger partial charge in [0.25, 0.3) is 0 Å². The molecule has 72 valence electrons. The summed E-state index contributed by atoms with van der Waals surface area (Å²) < 4.78 is 49.8. The topological polar surface area (TPSA) is 89.9 Å². The van der Waals surface area contributed by atoms with Crippen LogP contribution in [-0.4, -0.2) is 27.7 Å². The smallest absolute Gasteiger partial charge is 0.292 e. The molecule has 1 rings (SSSR count). The average molecular weight is 216 g/mol. The first-order valence-electron chi connectivity index (χ1n) is 2.97. The summed E-state index contributed by atoms with van der Waals surface area (Å²) in [4.78, 5) is 0. The minimum absolute atomic E-state index is 0.701. The molecule has 2 atom stereocenters. The Labute approximate surface area is 70.6 Å². The minimum atomic E-state index is -4.05. The van der Waals surface area contributed by atoms with Gasteiger partial charge >= 0.3 is 10.1 Å². The summed E-state index contributed by atoms with van der Waals surface area (Å²) in [6.45, 7) is 2.20. The Balaban J connectivity index is 3.43. The maximum Gasteiger partial charge on any atom is 0.307 e. The molecule has 6 nitrogen and oxygen atoms in total. The zero-order valence-corrected chi connectivity index (χ0v) is 8.02. The van der Waals surface area contributed by atoms with Crippen LogP contribution >= 0.6 is 0 Å². The van der Waals surface area contributed by atoms with Crippen molar-refractivity contribution < 1.29 is 25.5 Å². The Kier molecular flexibility index (Phi) is 2.21. The first-order chi connectivity index (χ1) is 5.26. The van der Waals surface area contributed by atoms with Crippen LogP contribution in [0.25, 0.3) is 0 Å². The predicted octanol–water partition coefficient (Wildman–Crippen LogP) is -0.469. The van der Waals surface area contributed by atoms with E-state index in [4.69, 9.17) is 4.55 Å². The van der Waals surface area contributed by atoms with Crippen LogP contribution in [0.15, 0.2) is 0 Å². The lowest BCUT2D eigenvalue weighted by atomic mass is 10.8. The van der Waals surface area contributed by atoms with Gasteiger partial charge in [-0.05, 0) is 13.8 Å². The highest BCUT2D eigenvalue weighted by molar-refractivity contribution is 8.18. The van der Waals surface area contributed by atoms with Gasteiger partial charge in [-0.15, -0.1) is 0 Å². The van der Waals surface area contributed by atoms with Crippen molar-refractivity contribution in [3.63, 3.8) is 0 Å². The molecule has 0 fully saturated rings.